The third-order valence-electron chi connectivity index (χ3n) is 5.67. The number of hydrogen-bond acceptors (Lipinski definition) is 6. The van der Waals surface area contributed by atoms with E-state index < -0.39 is 5.76 Å². The summed E-state index contributed by atoms with van der Waals surface area (Å²) in [4.78, 5) is 33.5. The number of thiophene rings is 1. The minimum atomic E-state index is -2.49. The van der Waals surface area contributed by atoms with E-state index in [1.54, 1.807) is 40.2 Å². The molecule has 5 rings (SSSR count). The van der Waals surface area contributed by atoms with Gasteiger partial charge in [0, 0.05) is 15.5 Å². The fourth-order valence-corrected chi connectivity index (χ4v) is 6.75. The Bertz CT molecular complexity index is 1420. The summed E-state index contributed by atoms with van der Waals surface area (Å²) in [5.41, 5.74) is 2.25. The van der Waals surface area contributed by atoms with Gasteiger partial charge in [0.1, 0.15) is 4.83 Å². The first-order valence-electron chi connectivity index (χ1n) is 11.1. The highest BCUT2D eigenvalue weighted by atomic mass is 32.2. The number of para-hydroxylation sites is 1. The van der Waals surface area contributed by atoms with E-state index >= 15 is 0 Å². The zero-order valence-electron chi connectivity index (χ0n) is 18.5. The van der Waals surface area contributed by atoms with Gasteiger partial charge in [-0.05, 0) is 67.6 Å². The van der Waals surface area contributed by atoms with Crippen LogP contribution in [-0.4, -0.2) is 27.0 Å². The average Bonchev–Trinajstić information content (AvgIpc) is 3.23. The molecule has 2 heterocycles. The molecule has 0 bridgehead atoms. The lowest BCUT2D eigenvalue weighted by Crippen LogP contribution is -2.23. The van der Waals surface area contributed by atoms with Crippen molar-refractivity contribution < 1.29 is 13.6 Å². The van der Waals surface area contributed by atoms with E-state index in [9.17, 15) is 18.4 Å². The highest BCUT2D eigenvalue weighted by Crippen LogP contribution is 2.35. The molecule has 0 unspecified atom stereocenters. The van der Waals surface area contributed by atoms with E-state index in [1.165, 1.54) is 16.6 Å². The molecule has 1 aliphatic rings. The molecule has 0 saturated heterocycles. The van der Waals surface area contributed by atoms with E-state index in [0.29, 0.717) is 38.6 Å². The standard InChI is InChI=1S/C25H21F2N3O2S3/c26-24(27)34-17-12-10-15(11-13-17)28-20(31)14-33-25-29-22-21(18-8-4-5-9-19(18)35-22)23(32)30(25)16-6-2-1-3-7-16/h1-3,6-7,10-13,24H,4-5,8-9,14H2,(H,28,31). The minimum Gasteiger partial charge on any atom is -0.325 e. The Kier molecular flexibility index (Phi) is 7.22. The molecule has 0 aliphatic heterocycles. The lowest BCUT2D eigenvalue weighted by Gasteiger charge is -2.13. The van der Waals surface area contributed by atoms with Gasteiger partial charge in [-0.2, -0.15) is 8.78 Å². The van der Waals surface area contributed by atoms with Crippen LogP contribution in [0.25, 0.3) is 15.9 Å². The lowest BCUT2D eigenvalue weighted by molar-refractivity contribution is -0.113. The lowest BCUT2D eigenvalue weighted by atomic mass is 9.97. The van der Waals surface area contributed by atoms with Crippen LogP contribution in [0.3, 0.4) is 0 Å². The molecule has 4 aromatic rings. The average molecular weight is 530 g/mol. The van der Waals surface area contributed by atoms with Gasteiger partial charge in [-0.25, -0.2) is 4.98 Å². The summed E-state index contributed by atoms with van der Waals surface area (Å²) >= 11 is 3.23. The van der Waals surface area contributed by atoms with Crippen LogP contribution in [0.2, 0.25) is 0 Å². The van der Waals surface area contributed by atoms with Gasteiger partial charge in [0.15, 0.2) is 5.16 Å². The summed E-state index contributed by atoms with van der Waals surface area (Å²) < 4.78 is 26.6. The maximum Gasteiger partial charge on any atom is 0.288 e. The largest absolute Gasteiger partial charge is 0.325 e. The highest BCUT2D eigenvalue weighted by Gasteiger charge is 2.23. The second-order valence-corrected chi connectivity index (χ2v) is 11.1. The molecule has 0 atom stereocenters. The van der Waals surface area contributed by atoms with Crippen molar-refractivity contribution in [2.24, 2.45) is 0 Å². The predicted octanol–water partition coefficient (Wildman–Crippen LogP) is 6.37. The van der Waals surface area contributed by atoms with Crippen LogP contribution in [0.5, 0.6) is 0 Å². The molecule has 0 saturated carbocycles. The van der Waals surface area contributed by atoms with Crippen LogP contribution in [0.1, 0.15) is 23.3 Å². The van der Waals surface area contributed by atoms with Crippen LogP contribution >= 0.6 is 34.9 Å². The van der Waals surface area contributed by atoms with Crippen molar-refractivity contribution in [2.45, 2.75) is 41.5 Å². The molecule has 180 valence electrons. The Balaban J connectivity index is 1.41. The third-order valence-corrected chi connectivity index (χ3v) is 8.51. The Morgan fingerprint density at radius 1 is 1.09 bits per heavy atom. The number of carbonyl (C=O) groups excluding carboxylic acids is 1. The van der Waals surface area contributed by atoms with Crippen LogP contribution < -0.4 is 10.9 Å². The van der Waals surface area contributed by atoms with Gasteiger partial charge in [-0.15, -0.1) is 11.3 Å². The number of benzene rings is 2. The second kappa shape index (κ2) is 10.5. The summed E-state index contributed by atoms with van der Waals surface area (Å²) in [6.45, 7) is 0. The summed E-state index contributed by atoms with van der Waals surface area (Å²) in [6.07, 6.45) is 4.06. The first-order chi connectivity index (χ1) is 17.0. The molecule has 1 aliphatic carbocycles. The molecule has 10 heteroatoms. The van der Waals surface area contributed by atoms with Crippen molar-refractivity contribution >= 4 is 56.7 Å². The van der Waals surface area contributed by atoms with E-state index in [0.717, 1.165) is 36.1 Å². The number of carbonyl (C=O) groups is 1. The molecule has 2 aromatic heterocycles. The molecular formula is C25H21F2N3O2S3. The summed E-state index contributed by atoms with van der Waals surface area (Å²) in [5, 5.41) is 3.94. The van der Waals surface area contributed by atoms with Crippen molar-refractivity contribution in [1.29, 1.82) is 0 Å². The second-order valence-electron chi connectivity index (χ2n) is 8.00. The van der Waals surface area contributed by atoms with Gasteiger partial charge >= 0.3 is 0 Å². The maximum absolute atomic E-state index is 13.7. The van der Waals surface area contributed by atoms with Gasteiger partial charge in [0.25, 0.3) is 11.3 Å². The number of anilines is 1. The fraction of sp³-hybridized carbons (Fsp3) is 0.240. The van der Waals surface area contributed by atoms with Gasteiger partial charge in [0.2, 0.25) is 5.91 Å². The van der Waals surface area contributed by atoms with Crippen molar-refractivity contribution in [3.05, 3.63) is 75.4 Å². The van der Waals surface area contributed by atoms with Crippen LogP contribution in [0.15, 0.2) is 69.4 Å². The molecule has 1 N–H and O–H groups in total. The number of hydrogen-bond donors (Lipinski definition) is 1. The topological polar surface area (TPSA) is 64.0 Å². The first kappa shape index (κ1) is 24.0. The molecule has 5 nitrogen and oxygen atoms in total. The normalized spacial score (nSPS) is 13.2. The number of nitrogens with zero attached hydrogens (tertiary/aromatic N) is 2. The number of fused-ring (bicyclic) bond motifs is 3. The Morgan fingerprint density at radius 2 is 1.83 bits per heavy atom. The number of rotatable bonds is 7. The van der Waals surface area contributed by atoms with Crippen LogP contribution in [-0.2, 0) is 17.6 Å². The molecule has 0 fully saturated rings. The SMILES string of the molecule is O=C(CSc1nc2sc3c(c2c(=O)n1-c1ccccc1)CCCC3)Nc1ccc(SC(F)F)cc1. The predicted molar refractivity (Wildman–Crippen MR) is 140 cm³/mol. The van der Waals surface area contributed by atoms with E-state index in [4.69, 9.17) is 4.98 Å². The van der Waals surface area contributed by atoms with E-state index in [2.05, 4.69) is 5.32 Å². The first-order valence-corrected chi connectivity index (χ1v) is 13.8. The van der Waals surface area contributed by atoms with E-state index in [1.807, 2.05) is 30.3 Å². The fourth-order valence-electron chi connectivity index (χ4n) is 4.13. The van der Waals surface area contributed by atoms with E-state index in [-0.39, 0.29) is 17.2 Å². The van der Waals surface area contributed by atoms with Gasteiger partial charge in [-0.1, -0.05) is 41.7 Å². The summed E-state index contributed by atoms with van der Waals surface area (Å²) in [5.74, 6) is -2.72. The monoisotopic (exact) mass is 529 g/mol. The summed E-state index contributed by atoms with van der Waals surface area (Å²) in [7, 11) is 0. The Labute approximate surface area is 213 Å². The molecule has 0 spiro atoms. The van der Waals surface area contributed by atoms with Gasteiger partial charge < -0.3 is 5.32 Å². The van der Waals surface area contributed by atoms with Crippen molar-refractivity contribution in [3.8, 4) is 5.69 Å². The number of thioether (sulfide) groups is 2. The van der Waals surface area contributed by atoms with Crippen molar-refractivity contribution in [1.82, 2.24) is 9.55 Å². The zero-order valence-corrected chi connectivity index (χ0v) is 21.0. The Hall–Kier alpha value is -2.69. The van der Waals surface area contributed by atoms with Crippen molar-refractivity contribution in [2.75, 3.05) is 11.1 Å². The molecule has 0 radical (unpaired) electrons. The number of nitrogens with one attached hydrogen (secondary N) is 1. The Morgan fingerprint density at radius 3 is 2.57 bits per heavy atom. The van der Waals surface area contributed by atoms with Crippen LogP contribution in [0.4, 0.5) is 14.5 Å². The van der Waals surface area contributed by atoms with Gasteiger partial charge in [-0.3, -0.25) is 14.2 Å². The third kappa shape index (κ3) is 5.29. The number of halogens is 2. The minimum absolute atomic E-state index is 0.0450. The number of aromatic nitrogens is 2. The molecule has 35 heavy (non-hydrogen) atoms. The molecule has 2 aromatic carbocycles. The molecule has 1 amide bonds. The highest BCUT2D eigenvalue weighted by molar-refractivity contribution is 8.00. The number of aryl methyl sites for hydroxylation is 2. The maximum atomic E-state index is 13.7. The molecular weight excluding hydrogens is 508 g/mol. The van der Waals surface area contributed by atoms with Gasteiger partial charge in [0.05, 0.1) is 16.8 Å². The summed E-state index contributed by atoms with van der Waals surface area (Å²) in [6, 6.07) is 15.6. The number of alkyl halides is 2. The quantitative estimate of drug-likeness (QED) is 0.223. The van der Waals surface area contributed by atoms with Crippen molar-refractivity contribution in [3.63, 3.8) is 0 Å². The van der Waals surface area contributed by atoms with Crippen LogP contribution in [0, 0.1) is 0 Å². The smallest absolute Gasteiger partial charge is 0.288 e. The zero-order chi connectivity index (χ0) is 24.4. The number of amides is 1.